The van der Waals surface area contributed by atoms with E-state index in [1.54, 1.807) is 0 Å². The Morgan fingerprint density at radius 1 is 0.968 bits per heavy atom. The minimum atomic E-state index is -1.04. The molecule has 1 fully saturated rings. The summed E-state index contributed by atoms with van der Waals surface area (Å²) in [5.41, 5.74) is 1.90. The number of halogens is 2. The lowest BCUT2D eigenvalue weighted by atomic mass is 10.2. The van der Waals surface area contributed by atoms with Crippen LogP contribution in [0, 0.1) is 11.6 Å². The van der Waals surface area contributed by atoms with Crippen LogP contribution < -0.4 is 10.2 Å². The maximum absolute atomic E-state index is 13.5. The maximum Gasteiger partial charge on any atom is 0.293 e. The maximum atomic E-state index is 13.5. The van der Waals surface area contributed by atoms with Gasteiger partial charge < -0.3 is 14.6 Å². The van der Waals surface area contributed by atoms with Crippen molar-refractivity contribution in [1.29, 1.82) is 0 Å². The number of amides is 1. The van der Waals surface area contributed by atoms with Crippen LogP contribution in [0.4, 0.5) is 20.3 Å². The highest BCUT2D eigenvalue weighted by Gasteiger charge is 2.23. The summed E-state index contributed by atoms with van der Waals surface area (Å²) in [4.78, 5) is 24.1. The van der Waals surface area contributed by atoms with Crippen molar-refractivity contribution in [2.24, 2.45) is 0 Å². The van der Waals surface area contributed by atoms with E-state index in [1.807, 2.05) is 24.3 Å². The quantitative estimate of drug-likeness (QED) is 0.486. The molecule has 8 heteroatoms. The minimum Gasteiger partial charge on any atom is -0.450 e. The number of hydrogen-bond acceptors (Lipinski definition) is 5. The van der Waals surface area contributed by atoms with Crippen LogP contribution in [0.5, 0.6) is 0 Å². The predicted molar refractivity (Wildman–Crippen MR) is 114 cm³/mol. The van der Waals surface area contributed by atoms with Gasteiger partial charge in [-0.05, 0) is 37.1 Å². The number of benzene rings is 2. The zero-order valence-electron chi connectivity index (χ0n) is 16.7. The average molecular weight is 422 g/mol. The predicted octanol–water partition coefficient (Wildman–Crippen LogP) is 5.29. The lowest BCUT2D eigenvalue weighted by Crippen LogP contribution is -2.26. The van der Waals surface area contributed by atoms with E-state index in [-0.39, 0.29) is 11.5 Å². The van der Waals surface area contributed by atoms with Crippen molar-refractivity contribution in [1.82, 2.24) is 9.97 Å². The average Bonchev–Trinajstić information content (AvgIpc) is 2.94. The Labute approximate surface area is 176 Å². The number of fused-ring (bicyclic) bond motifs is 3. The summed E-state index contributed by atoms with van der Waals surface area (Å²) in [7, 11) is 0. The molecule has 2 aromatic carbocycles. The first-order chi connectivity index (χ1) is 15.1. The lowest BCUT2D eigenvalue weighted by Gasteiger charge is -2.21. The van der Waals surface area contributed by atoms with Gasteiger partial charge in [-0.3, -0.25) is 4.79 Å². The van der Waals surface area contributed by atoms with E-state index >= 15 is 0 Å². The Morgan fingerprint density at radius 3 is 2.52 bits per heavy atom. The van der Waals surface area contributed by atoms with Gasteiger partial charge in [0.1, 0.15) is 11.1 Å². The molecule has 6 nitrogen and oxygen atoms in total. The van der Waals surface area contributed by atoms with Crippen molar-refractivity contribution in [2.45, 2.75) is 25.7 Å². The normalized spacial score (nSPS) is 14.7. The number of para-hydroxylation sites is 1. The monoisotopic (exact) mass is 422 g/mol. The van der Waals surface area contributed by atoms with Gasteiger partial charge in [0.2, 0.25) is 5.82 Å². The molecular formula is C23H20F2N4O2. The summed E-state index contributed by atoms with van der Waals surface area (Å²) in [5.74, 6) is -2.10. The molecule has 1 aliphatic heterocycles. The van der Waals surface area contributed by atoms with E-state index in [2.05, 4.69) is 20.2 Å². The number of nitrogens with zero attached hydrogens (tertiary/aromatic N) is 3. The van der Waals surface area contributed by atoms with Crippen LogP contribution >= 0.6 is 0 Å². The van der Waals surface area contributed by atoms with Gasteiger partial charge >= 0.3 is 0 Å². The van der Waals surface area contributed by atoms with E-state index in [1.165, 1.54) is 6.07 Å². The van der Waals surface area contributed by atoms with Crippen LogP contribution in [0.2, 0.25) is 0 Å². The molecule has 0 atom stereocenters. The number of furan rings is 1. The fraction of sp³-hybridized carbons (Fsp3) is 0.261. The van der Waals surface area contributed by atoms with Gasteiger partial charge in [0, 0.05) is 30.2 Å². The summed E-state index contributed by atoms with van der Waals surface area (Å²) in [6.07, 6.45) is 4.35. The highest BCUT2D eigenvalue weighted by molar-refractivity contribution is 6.09. The second-order valence-electron chi connectivity index (χ2n) is 7.63. The molecular weight excluding hydrogens is 402 g/mol. The first kappa shape index (κ1) is 19.4. The molecule has 0 radical (unpaired) electrons. The third kappa shape index (κ3) is 3.69. The number of anilines is 2. The fourth-order valence-electron chi connectivity index (χ4n) is 3.94. The van der Waals surface area contributed by atoms with Crippen molar-refractivity contribution in [3.63, 3.8) is 0 Å². The lowest BCUT2D eigenvalue weighted by molar-refractivity contribution is 0.101. The molecule has 31 heavy (non-hydrogen) atoms. The summed E-state index contributed by atoms with van der Waals surface area (Å²) >= 11 is 0. The third-order valence-corrected chi connectivity index (χ3v) is 5.49. The number of carbonyl (C=O) groups excluding carboxylic acids is 1. The van der Waals surface area contributed by atoms with Crippen molar-refractivity contribution in [3.05, 3.63) is 59.9 Å². The highest BCUT2D eigenvalue weighted by atomic mass is 19.2. The fourth-order valence-corrected chi connectivity index (χ4v) is 3.94. The van der Waals surface area contributed by atoms with E-state index in [4.69, 9.17) is 4.42 Å². The summed E-state index contributed by atoms with van der Waals surface area (Å²) < 4.78 is 32.8. The number of hydrogen-bond donors (Lipinski definition) is 1. The van der Waals surface area contributed by atoms with E-state index in [0.29, 0.717) is 22.5 Å². The van der Waals surface area contributed by atoms with Gasteiger partial charge in [-0.2, -0.15) is 0 Å². The standard InChI is InChI=1S/C23H20F2N4O2/c24-16-10-9-14(13-17(16)25)26-23(30)21-27-19-15-7-3-4-8-18(15)31-20(19)22(28-21)29-11-5-1-2-6-12-29/h3-4,7-10,13H,1-2,5-6,11-12H2,(H,26,30). The number of rotatable bonds is 3. The minimum absolute atomic E-state index is 0.0527. The molecule has 1 amide bonds. The Morgan fingerprint density at radius 2 is 1.74 bits per heavy atom. The summed E-state index contributed by atoms with van der Waals surface area (Å²) in [5, 5.41) is 3.34. The molecule has 0 bridgehead atoms. The van der Waals surface area contributed by atoms with Gasteiger partial charge in [-0.1, -0.05) is 25.0 Å². The summed E-state index contributed by atoms with van der Waals surface area (Å²) in [6, 6.07) is 10.7. The molecule has 5 rings (SSSR count). The Balaban J connectivity index is 1.61. The molecule has 0 unspecified atom stereocenters. The zero-order chi connectivity index (χ0) is 21.4. The number of aromatic nitrogens is 2. The SMILES string of the molecule is O=C(Nc1ccc(F)c(F)c1)c1nc(N2CCCCCC2)c2oc3ccccc3c2n1. The van der Waals surface area contributed by atoms with Crippen molar-refractivity contribution < 1.29 is 18.0 Å². The second kappa shape index (κ2) is 7.94. The van der Waals surface area contributed by atoms with Gasteiger partial charge in [-0.25, -0.2) is 18.7 Å². The molecule has 0 saturated carbocycles. The molecule has 158 valence electrons. The largest absolute Gasteiger partial charge is 0.450 e. The molecule has 1 N–H and O–H groups in total. The first-order valence-electron chi connectivity index (χ1n) is 10.3. The zero-order valence-corrected chi connectivity index (χ0v) is 16.7. The van der Waals surface area contributed by atoms with Crippen molar-refractivity contribution >= 4 is 39.5 Å². The van der Waals surface area contributed by atoms with Crippen LogP contribution in [0.25, 0.3) is 22.1 Å². The first-order valence-corrected chi connectivity index (χ1v) is 10.3. The van der Waals surface area contributed by atoms with Crippen molar-refractivity contribution in [3.8, 4) is 0 Å². The number of nitrogens with one attached hydrogen (secondary N) is 1. The molecule has 2 aromatic heterocycles. The highest BCUT2D eigenvalue weighted by Crippen LogP contribution is 2.34. The molecule has 0 aliphatic carbocycles. The van der Waals surface area contributed by atoms with Gasteiger partial charge in [0.15, 0.2) is 23.0 Å². The Hall–Kier alpha value is -3.55. The molecule has 1 saturated heterocycles. The van der Waals surface area contributed by atoms with E-state index in [0.717, 1.165) is 56.3 Å². The van der Waals surface area contributed by atoms with Crippen LogP contribution in [-0.2, 0) is 0 Å². The van der Waals surface area contributed by atoms with E-state index < -0.39 is 17.5 Å². The van der Waals surface area contributed by atoms with Gasteiger partial charge in [-0.15, -0.1) is 0 Å². The third-order valence-electron chi connectivity index (χ3n) is 5.49. The van der Waals surface area contributed by atoms with Crippen LogP contribution in [0.3, 0.4) is 0 Å². The smallest absolute Gasteiger partial charge is 0.293 e. The van der Waals surface area contributed by atoms with Crippen molar-refractivity contribution in [2.75, 3.05) is 23.3 Å². The molecule has 3 heterocycles. The van der Waals surface area contributed by atoms with Gasteiger partial charge in [0.05, 0.1) is 0 Å². The van der Waals surface area contributed by atoms with Crippen LogP contribution in [0.15, 0.2) is 46.9 Å². The molecule has 4 aromatic rings. The van der Waals surface area contributed by atoms with Gasteiger partial charge in [0.25, 0.3) is 5.91 Å². The second-order valence-corrected chi connectivity index (χ2v) is 7.63. The Bertz CT molecular complexity index is 1280. The number of carbonyl (C=O) groups is 1. The van der Waals surface area contributed by atoms with E-state index in [9.17, 15) is 13.6 Å². The Kier molecular flexibility index (Phi) is 4.97. The molecule has 1 aliphatic rings. The van der Waals surface area contributed by atoms with Crippen LogP contribution in [-0.4, -0.2) is 29.0 Å². The summed E-state index contributed by atoms with van der Waals surface area (Å²) in [6.45, 7) is 1.63. The molecule has 0 spiro atoms. The van der Waals surface area contributed by atoms with Crippen LogP contribution in [0.1, 0.15) is 36.3 Å². The topological polar surface area (TPSA) is 71.3 Å².